The van der Waals surface area contributed by atoms with Gasteiger partial charge in [0.2, 0.25) is 0 Å². The molecule has 1 fully saturated rings. The van der Waals surface area contributed by atoms with Crippen LogP contribution < -0.4 is 11.3 Å². The number of anilines is 1. The SMILES string of the molecule is CC1CN(Cc2nc(NN)ccc2Cl)CC1C. The Morgan fingerprint density at radius 2 is 2.06 bits per heavy atom. The van der Waals surface area contributed by atoms with E-state index in [9.17, 15) is 0 Å². The predicted molar refractivity (Wildman–Crippen MR) is 70.7 cm³/mol. The van der Waals surface area contributed by atoms with Gasteiger partial charge in [-0.3, -0.25) is 4.90 Å². The van der Waals surface area contributed by atoms with Crippen LogP contribution in [0.1, 0.15) is 19.5 Å². The molecule has 1 aliphatic heterocycles. The molecule has 1 aromatic rings. The van der Waals surface area contributed by atoms with Crippen LogP contribution >= 0.6 is 11.6 Å². The topological polar surface area (TPSA) is 54.2 Å². The number of rotatable bonds is 3. The summed E-state index contributed by atoms with van der Waals surface area (Å²) >= 11 is 6.15. The van der Waals surface area contributed by atoms with Crippen LogP contribution in [0.2, 0.25) is 5.02 Å². The molecule has 17 heavy (non-hydrogen) atoms. The maximum atomic E-state index is 6.15. The lowest BCUT2D eigenvalue weighted by molar-refractivity contribution is 0.312. The molecule has 0 amide bonds. The number of hydrogen-bond donors (Lipinski definition) is 2. The standard InChI is InChI=1S/C12H19ClN4/c1-8-5-17(6-9(8)2)7-11-10(13)3-4-12(15-11)16-14/h3-4,8-9H,5-7,14H2,1-2H3,(H,15,16). The number of pyridine rings is 1. The second kappa shape index (κ2) is 5.21. The van der Waals surface area contributed by atoms with E-state index in [1.807, 2.05) is 6.07 Å². The number of hydrogen-bond acceptors (Lipinski definition) is 4. The first kappa shape index (κ1) is 12.6. The number of hydrazine groups is 1. The van der Waals surface area contributed by atoms with E-state index in [-0.39, 0.29) is 0 Å². The van der Waals surface area contributed by atoms with Gasteiger partial charge in [-0.15, -0.1) is 0 Å². The van der Waals surface area contributed by atoms with Crippen molar-refractivity contribution in [1.29, 1.82) is 0 Å². The second-order valence-electron chi connectivity index (χ2n) is 4.92. The average Bonchev–Trinajstić information content (AvgIpc) is 2.61. The third-order valence-electron chi connectivity index (χ3n) is 3.50. The monoisotopic (exact) mass is 254 g/mol. The van der Waals surface area contributed by atoms with Crippen molar-refractivity contribution in [1.82, 2.24) is 9.88 Å². The quantitative estimate of drug-likeness (QED) is 0.641. The van der Waals surface area contributed by atoms with E-state index in [2.05, 4.69) is 29.2 Å². The molecule has 0 saturated carbocycles. The highest BCUT2D eigenvalue weighted by molar-refractivity contribution is 6.31. The molecule has 3 N–H and O–H groups in total. The van der Waals surface area contributed by atoms with Crippen molar-refractivity contribution in [3.05, 3.63) is 22.8 Å². The Morgan fingerprint density at radius 1 is 1.41 bits per heavy atom. The lowest BCUT2D eigenvalue weighted by atomic mass is 10.0. The molecule has 2 unspecified atom stereocenters. The summed E-state index contributed by atoms with van der Waals surface area (Å²) in [6, 6.07) is 3.61. The van der Waals surface area contributed by atoms with Crippen molar-refractivity contribution in [3.8, 4) is 0 Å². The summed E-state index contributed by atoms with van der Waals surface area (Å²) in [5.74, 6) is 7.49. The first-order chi connectivity index (χ1) is 8.10. The lowest BCUT2D eigenvalue weighted by Gasteiger charge is -2.16. The second-order valence-corrected chi connectivity index (χ2v) is 5.33. The van der Waals surface area contributed by atoms with E-state index < -0.39 is 0 Å². The zero-order chi connectivity index (χ0) is 12.4. The highest BCUT2D eigenvalue weighted by Crippen LogP contribution is 2.25. The smallest absolute Gasteiger partial charge is 0.140 e. The van der Waals surface area contributed by atoms with E-state index in [1.165, 1.54) is 0 Å². The molecule has 2 atom stereocenters. The minimum Gasteiger partial charge on any atom is -0.308 e. The molecular formula is C12H19ClN4. The summed E-state index contributed by atoms with van der Waals surface area (Å²) in [5.41, 5.74) is 3.44. The normalized spacial score (nSPS) is 25.2. The number of aromatic nitrogens is 1. The lowest BCUT2D eigenvalue weighted by Crippen LogP contribution is -2.21. The Kier molecular flexibility index (Phi) is 3.86. The van der Waals surface area contributed by atoms with Crippen molar-refractivity contribution < 1.29 is 0 Å². The van der Waals surface area contributed by atoms with Gasteiger partial charge in [-0.25, -0.2) is 10.8 Å². The molecule has 0 spiro atoms. The fourth-order valence-corrected chi connectivity index (χ4v) is 2.43. The van der Waals surface area contributed by atoms with Crippen molar-refractivity contribution in [2.45, 2.75) is 20.4 Å². The molecule has 2 heterocycles. The summed E-state index contributed by atoms with van der Waals surface area (Å²) in [5, 5.41) is 0.705. The minimum atomic E-state index is 0.657. The van der Waals surface area contributed by atoms with E-state index in [4.69, 9.17) is 17.4 Å². The van der Waals surface area contributed by atoms with Gasteiger partial charge in [0.15, 0.2) is 0 Å². The van der Waals surface area contributed by atoms with Crippen LogP contribution in [0.15, 0.2) is 12.1 Å². The zero-order valence-electron chi connectivity index (χ0n) is 10.3. The first-order valence-corrected chi connectivity index (χ1v) is 6.32. The van der Waals surface area contributed by atoms with E-state index in [1.54, 1.807) is 6.07 Å². The van der Waals surface area contributed by atoms with Gasteiger partial charge in [-0.05, 0) is 24.0 Å². The Hall–Kier alpha value is -0.840. The fourth-order valence-electron chi connectivity index (χ4n) is 2.27. The van der Waals surface area contributed by atoms with Gasteiger partial charge in [-0.2, -0.15) is 0 Å². The molecule has 5 heteroatoms. The summed E-state index contributed by atoms with van der Waals surface area (Å²) in [7, 11) is 0. The molecular weight excluding hydrogens is 236 g/mol. The third-order valence-corrected chi connectivity index (χ3v) is 3.85. The summed E-state index contributed by atoms with van der Waals surface area (Å²) in [6.07, 6.45) is 0. The largest absolute Gasteiger partial charge is 0.308 e. The van der Waals surface area contributed by atoms with Gasteiger partial charge < -0.3 is 5.43 Å². The van der Waals surface area contributed by atoms with Crippen LogP contribution in [-0.4, -0.2) is 23.0 Å². The molecule has 2 rings (SSSR count). The van der Waals surface area contributed by atoms with E-state index >= 15 is 0 Å². The van der Waals surface area contributed by atoms with Crippen LogP contribution in [0.4, 0.5) is 5.82 Å². The van der Waals surface area contributed by atoms with E-state index in [0.29, 0.717) is 10.8 Å². The molecule has 1 saturated heterocycles. The number of nitrogen functional groups attached to an aromatic ring is 1. The third kappa shape index (κ3) is 2.89. The van der Waals surface area contributed by atoms with Gasteiger partial charge in [0.1, 0.15) is 5.82 Å². The van der Waals surface area contributed by atoms with Gasteiger partial charge >= 0.3 is 0 Å². The molecule has 0 aromatic carbocycles. The molecule has 0 bridgehead atoms. The van der Waals surface area contributed by atoms with Gasteiger partial charge in [0, 0.05) is 19.6 Å². The van der Waals surface area contributed by atoms with Crippen LogP contribution in [0, 0.1) is 11.8 Å². The maximum absolute atomic E-state index is 6.15. The zero-order valence-corrected chi connectivity index (χ0v) is 11.0. The van der Waals surface area contributed by atoms with Crippen molar-refractivity contribution in [2.75, 3.05) is 18.5 Å². The maximum Gasteiger partial charge on any atom is 0.140 e. The Labute approximate surface area is 107 Å². The number of likely N-dealkylation sites (tertiary alicyclic amines) is 1. The Morgan fingerprint density at radius 3 is 2.65 bits per heavy atom. The van der Waals surface area contributed by atoms with Crippen LogP contribution in [0.5, 0.6) is 0 Å². The fraction of sp³-hybridized carbons (Fsp3) is 0.583. The number of nitrogens with two attached hydrogens (primary N) is 1. The van der Waals surface area contributed by atoms with E-state index in [0.717, 1.165) is 37.2 Å². The van der Waals surface area contributed by atoms with Gasteiger partial charge in [0.25, 0.3) is 0 Å². The van der Waals surface area contributed by atoms with Gasteiger partial charge in [-0.1, -0.05) is 25.4 Å². The minimum absolute atomic E-state index is 0.657. The van der Waals surface area contributed by atoms with Crippen molar-refractivity contribution in [2.24, 2.45) is 17.7 Å². The van der Waals surface area contributed by atoms with Crippen LogP contribution in [0.3, 0.4) is 0 Å². The van der Waals surface area contributed by atoms with Gasteiger partial charge in [0.05, 0.1) is 10.7 Å². The molecule has 1 aliphatic rings. The summed E-state index contributed by atoms with van der Waals surface area (Å²) < 4.78 is 0. The highest BCUT2D eigenvalue weighted by Gasteiger charge is 2.26. The van der Waals surface area contributed by atoms with Crippen LogP contribution in [-0.2, 0) is 6.54 Å². The molecule has 94 valence electrons. The molecule has 4 nitrogen and oxygen atoms in total. The number of nitrogens with one attached hydrogen (secondary N) is 1. The number of halogens is 1. The summed E-state index contributed by atoms with van der Waals surface area (Å²) in [6.45, 7) is 7.59. The number of nitrogens with zero attached hydrogens (tertiary/aromatic N) is 2. The Balaban J connectivity index is 2.08. The first-order valence-electron chi connectivity index (χ1n) is 5.94. The van der Waals surface area contributed by atoms with Crippen LogP contribution in [0.25, 0.3) is 0 Å². The average molecular weight is 255 g/mol. The highest BCUT2D eigenvalue weighted by atomic mass is 35.5. The predicted octanol–water partition coefficient (Wildman–Crippen LogP) is 2.11. The Bertz CT molecular complexity index is 386. The molecule has 0 aliphatic carbocycles. The summed E-state index contributed by atoms with van der Waals surface area (Å²) in [4.78, 5) is 6.79. The van der Waals surface area contributed by atoms with Crippen molar-refractivity contribution >= 4 is 17.4 Å². The van der Waals surface area contributed by atoms with Crippen molar-refractivity contribution in [3.63, 3.8) is 0 Å². The molecule has 1 aromatic heterocycles. The molecule has 0 radical (unpaired) electrons.